The second-order valence-corrected chi connectivity index (χ2v) is 14.0. The molecule has 0 saturated carbocycles. The Morgan fingerprint density at radius 3 is 1.88 bits per heavy atom. The summed E-state index contributed by atoms with van der Waals surface area (Å²) >= 11 is 0. The van der Waals surface area contributed by atoms with Crippen LogP contribution in [0.15, 0.2) is 60.7 Å². The third-order valence-corrected chi connectivity index (χ3v) is 9.13. The lowest BCUT2D eigenvalue weighted by Gasteiger charge is -2.34. The fourth-order valence-electron chi connectivity index (χ4n) is 5.70. The summed E-state index contributed by atoms with van der Waals surface area (Å²) in [5.74, 6) is -6.39. The van der Waals surface area contributed by atoms with Crippen molar-refractivity contribution in [1.29, 1.82) is 0 Å². The molecule has 57 heavy (non-hydrogen) atoms. The number of aryl methyl sites for hydroxylation is 1. The van der Waals surface area contributed by atoms with Crippen molar-refractivity contribution >= 4 is 41.6 Å². The van der Waals surface area contributed by atoms with E-state index in [4.69, 9.17) is 15.2 Å². The molecule has 2 rings (SSSR count). The van der Waals surface area contributed by atoms with E-state index < -0.39 is 96.9 Å². The summed E-state index contributed by atoms with van der Waals surface area (Å²) in [7, 11) is 1.14. The van der Waals surface area contributed by atoms with E-state index >= 15 is 0 Å². The molecule has 17 nitrogen and oxygen atoms in total. The van der Waals surface area contributed by atoms with Gasteiger partial charge >= 0.3 is 12.1 Å². The average Bonchev–Trinajstić information content (AvgIpc) is 3.20. The molecule has 3 unspecified atom stereocenters. The molecule has 0 bridgehead atoms. The van der Waals surface area contributed by atoms with Crippen LogP contribution in [0, 0.1) is 11.8 Å². The number of nitrogens with two attached hydrogens (primary N) is 1. The molecule has 0 aliphatic heterocycles. The highest BCUT2D eigenvalue weighted by Crippen LogP contribution is 2.19. The molecule has 6 amide bonds. The van der Waals surface area contributed by atoms with Gasteiger partial charge in [-0.3, -0.25) is 28.9 Å². The monoisotopic (exact) mass is 798 g/mol. The average molecular weight is 799 g/mol. The van der Waals surface area contributed by atoms with Crippen molar-refractivity contribution in [3.63, 3.8) is 0 Å². The molecule has 17 heteroatoms. The highest BCUT2D eigenvalue weighted by molar-refractivity contribution is 6.02. The maximum absolute atomic E-state index is 13.8. The molecule has 2 aromatic carbocycles. The second-order valence-electron chi connectivity index (χ2n) is 14.0. The van der Waals surface area contributed by atoms with Crippen LogP contribution in [0.2, 0.25) is 0 Å². The molecular weight excluding hydrogens is 740 g/mol. The molecule has 0 aliphatic carbocycles. The number of carbonyl (C=O) groups is 7. The van der Waals surface area contributed by atoms with E-state index in [2.05, 4.69) is 21.3 Å². The van der Waals surface area contributed by atoms with Gasteiger partial charge in [0.05, 0.1) is 19.8 Å². The number of amides is 6. The lowest BCUT2D eigenvalue weighted by atomic mass is 9.95. The van der Waals surface area contributed by atoms with Crippen molar-refractivity contribution in [3.05, 3.63) is 71.8 Å². The SMILES string of the molecule is COC(=O)C(C(C)C)N(C(=O)CCCCCc1ccccc1)C(=O)C(N)C(CO)CNC(=O)[C@H](C)NC(=O)[C@H](C)NC(=O)[C@@H](CO)NC(=O)OCc1ccccc1. The van der Waals surface area contributed by atoms with E-state index in [1.165, 1.54) is 13.8 Å². The standard InChI is InChI=1S/C40H58N6O11/c1-25(2)34(39(54)56-5)46(32(49)20-14-8-11-17-28-15-9-6-10-16-28)38(53)33(41)30(22-47)21-42-35(50)26(3)43-36(51)27(4)44-37(52)31(23-48)45-40(55)57-24-29-18-12-7-13-19-29/h6-7,9-10,12-13,15-16,18-19,25-27,30-31,33-34,47-48H,8,11,14,17,20-24,41H2,1-5H3,(H,42,50)(H,43,51)(H,44,52)(H,45,55)/t26-,27-,30?,31+,33?,34?/m0/s1. The minimum absolute atomic E-state index is 0.0391. The zero-order valence-corrected chi connectivity index (χ0v) is 33.3. The van der Waals surface area contributed by atoms with Gasteiger partial charge in [0.2, 0.25) is 29.5 Å². The van der Waals surface area contributed by atoms with Crippen molar-refractivity contribution in [3.8, 4) is 0 Å². The van der Waals surface area contributed by atoms with Crippen LogP contribution in [-0.4, -0.2) is 114 Å². The zero-order valence-electron chi connectivity index (χ0n) is 33.3. The van der Waals surface area contributed by atoms with E-state index in [1.54, 1.807) is 44.2 Å². The van der Waals surface area contributed by atoms with Crippen LogP contribution in [0.5, 0.6) is 0 Å². The second kappa shape index (κ2) is 25.0. The van der Waals surface area contributed by atoms with Gasteiger partial charge in [0.1, 0.15) is 30.8 Å². The molecular formula is C40H58N6O11. The third kappa shape index (κ3) is 15.9. The van der Waals surface area contributed by atoms with Crippen LogP contribution < -0.4 is 27.0 Å². The van der Waals surface area contributed by atoms with Gasteiger partial charge in [0.25, 0.3) is 0 Å². The number of ether oxygens (including phenoxy) is 2. The summed E-state index contributed by atoms with van der Waals surface area (Å²) in [6, 6.07) is 12.0. The predicted octanol–water partition coefficient (Wildman–Crippen LogP) is 0.691. The zero-order chi connectivity index (χ0) is 42.5. The lowest BCUT2D eigenvalue weighted by Crippen LogP contribution is -2.59. The Morgan fingerprint density at radius 1 is 0.737 bits per heavy atom. The molecule has 0 fully saturated rings. The highest BCUT2D eigenvalue weighted by atomic mass is 16.5. The maximum Gasteiger partial charge on any atom is 0.408 e. The Morgan fingerprint density at radius 2 is 1.32 bits per heavy atom. The molecule has 314 valence electrons. The predicted molar refractivity (Wildman–Crippen MR) is 209 cm³/mol. The van der Waals surface area contributed by atoms with E-state index in [1.807, 2.05) is 30.3 Å². The largest absolute Gasteiger partial charge is 0.467 e. The first kappa shape index (κ1) is 47.8. The molecule has 6 atom stereocenters. The molecule has 0 saturated heterocycles. The fraction of sp³-hybridized carbons (Fsp3) is 0.525. The first-order valence-corrected chi connectivity index (χ1v) is 19.0. The number of imide groups is 1. The summed E-state index contributed by atoms with van der Waals surface area (Å²) in [5, 5.41) is 29.4. The molecule has 0 heterocycles. The van der Waals surface area contributed by atoms with Gasteiger partial charge in [-0.05, 0) is 50.2 Å². The van der Waals surface area contributed by atoms with Gasteiger partial charge in [-0.25, -0.2) is 9.59 Å². The number of esters is 1. The van der Waals surface area contributed by atoms with Gasteiger partial charge in [-0.15, -0.1) is 0 Å². The summed E-state index contributed by atoms with van der Waals surface area (Å²) < 4.78 is 9.98. The number of benzene rings is 2. The van der Waals surface area contributed by atoms with Gasteiger partial charge in [0.15, 0.2) is 0 Å². The molecule has 0 radical (unpaired) electrons. The van der Waals surface area contributed by atoms with E-state index in [0.29, 0.717) is 18.4 Å². The third-order valence-electron chi connectivity index (χ3n) is 9.13. The molecule has 8 N–H and O–H groups in total. The van der Waals surface area contributed by atoms with E-state index in [9.17, 15) is 43.8 Å². The number of hydrogen-bond acceptors (Lipinski definition) is 12. The highest BCUT2D eigenvalue weighted by Gasteiger charge is 2.41. The summed E-state index contributed by atoms with van der Waals surface area (Å²) in [4.78, 5) is 91.7. The minimum atomic E-state index is -1.52. The van der Waals surface area contributed by atoms with Crippen LogP contribution in [0.3, 0.4) is 0 Å². The number of nitrogens with zero attached hydrogens (tertiary/aromatic N) is 1. The number of aliphatic hydroxyl groups is 2. The normalized spacial score (nSPS) is 14.1. The summed E-state index contributed by atoms with van der Waals surface area (Å²) in [5.41, 5.74) is 8.17. The Bertz CT molecular complexity index is 1610. The Kier molecular flexibility index (Phi) is 20.9. The van der Waals surface area contributed by atoms with Crippen LogP contribution in [0.4, 0.5) is 4.79 Å². The number of carbonyl (C=O) groups excluding carboxylic acids is 7. The van der Waals surface area contributed by atoms with Crippen molar-refractivity contribution in [2.24, 2.45) is 17.6 Å². The van der Waals surface area contributed by atoms with Crippen LogP contribution >= 0.6 is 0 Å². The minimum Gasteiger partial charge on any atom is -0.467 e. The van der Waals surface area contributed by atoms with E-state index in [0.717, 1.165) is 30.4 Å². The number of aliphatic hydroxyl groups excluding tert-OH is 2. The Hall–Kier alpha value is -5.39. The van der Waals surface area contributed by atoms with Gasteiger partial charge < -0.3 is 46.7 Å². The van der Waals surface area contributed by atoms with E-state index in [-0.39, 0.29) is 19.6 Å². The smallest absolute Gasteiger partial charge is 0.408 e. The topological polar surface area (TPSA) is 256 Å². The number of nitrogens with one attached hydrogen (secondary N) is 4. The van der Waals surface area contributed by atoms with Crippen molar-refractivity contribution in [2.75, 3.05) is 26.9 Å². The summed E-state index contributed by atoms with van der Waals surface area (Å²) in [6.07, 6.45) is 1.76. The lowest BCUT2D eigenvalue weighted by molar-refractivity contribution is -0.163. The van der Waals surface area contributed by atoms with Crippen LogP contribution in [-0.2, 0) is 51.3 Å². The maximum atomic E-state index is 13.8. The molecule has 0 aliphatic rings. The molecule has 2 aromatic rings. The van der Waals surface area contributed by atoms with Crippen molar-refractivity contribution in [1.82, 2.24) is 26.2 Å². The first-order valence-electron chi connectivity index (χ1n) is 19.0. The van der Waals surface area contributed by atoms with Crippen molar-refractivity contribution in [2.45, 2.75) is 96.6 Å². The Labute approximate surface area is 333 Å². The molecule has 0 spiro atoms. The van der Waals surface area contributed by atoms with Gasteiger partial charge in [-0.1, -0.05) is 80.9 Å². The number of methoxy groups -OCH3 is 1. The van der Waals surface area contributed by atoms with Crippen molar-refractivity contribution < 1.29 is 53.2 Å². The van der Waals surface area contributed by atoms with Gasteiger partial charge in [-0.2, -0.15) is 0 Å². The molecule has 0 aromatic heterocycles. The van der Waals surface area contributed by atoms with Crippen LogP contribution in [0.1, 0.15) is 64.5 Å². The number of alkyl carbamates (subject to hydrolysis) is 1. The van der Waals surface area contributed by atoms with Crippen LogP contribution in [0.25, 0.3) is 0 Å². The van der Waals surface area contributed by atoms with Gasteiger partial charge in [0, 0.05) is 25.5 Å². The number of rotatable bonds is 23. The summed E-state index contributed by atoms with van der Waals surface area (Å²) in [6.45, 7) is 4.09. The quantitative estimate of drug-likeness (QED) is 0.0606. The number of hydrogen-bond donors (Lipinski definition) is 7. The Balaban J connectivity index is 1.96. The first-order chi connectivity index (χ1) is 27.1. The number of unbranched alkanes of at least 4 members (excludes halogenated alkanes) is 2. The fourth-order valence-corrected chi connectivity index (χ4v) is 5.70.